The van der Waals surface area contributed by atoms with Crippen LogP contribution >= 0.6 is 0 Å². The molecule has 1 aromatic heterocycles. The van der Waals surface area contributed by atoms with Gasteiger partial charge in [0.05, 0.1) is 13.3 Å². The summed E-state index contributed by atoms with van der Waals surface area (Å²) < 4.78 is 19.1. The molecular formula is C15H18FN3O. The average molecular weight is 275 g/mol. The van der Waals surface area contributed by atoms with Gasteiger partial charge in [-0.05, 0) is 30.4 Å². The first-order valence-electron chi connectivity index (χ1n) is 6.85. The molecule has 2 aromatic rings. The molecule has 0 spiro atoms. The summed E-state index contributed by atoms with van der Waals surface area (Å²) in [6, 6.07) is 7.12. The standard InChI is InChI=1S/C15H18FN3O/c1-20-12-2-3-13(14(16)10-12)11-5-8-19(9-6-11)15-4-7-17-18-15/h2-4,7,10-11H,5-6,8-9H2,1H3,(H,17,18). The SMILES string of the molecule is COc1ccc(C2CCN(c3ccn[nH]3)CC2)c(F)c1. The van der Waals surface area contributed by atoms with E-state index in [1.54, 1.807) is 13.3 Å². The highest BCUT2D eigenvalue weighted by molar-refractivity contribution is 5.38. The van der Waals surface area contributed by atoms with Gasteiger partial charge in [-0.15, -0.1) is 0 Å². The van der Waals surface area contributed by atoms with E-state index >= 15 is 0 Å². The van der Waals surface area contributed by atoms with Gasteiger partial charge >= 0.3 is 0 Å². The molecule has 1 N–H and O–H groups in total. The fourth-order valence-corrected chi connectivity index (χ4v) is 2.82. The molecule has 1 fully saturated rings. The summed E-state index contributed by atoms with van der Waals surface area (Å²) in [5.41, 5.74) is 0.801. The third-order valence-electron chi connectivity index (χ3n) is 3.97. The number of rotatable bonds is 3. The minimum absolute atomic E-state index is 0.163. The van der Waals surface area contributed by atoms with E-state index in [9.17, 15) is 4.39 Å². The Morgan fingerprint density at radius 3 is 2.70 bits per heavy atom. The Balaban J connectivity index is 1.69. The Morgan fingerprint density at radius 2 is 2.10 bits per heavy atom. The van der Waals surface area contributed by atoms with Crippen molar-refractivity contribution in [1.29, 1.82) is 0 Å². The smallest absolute Gasteiger partial charge is 0.130 e. The first-order valence-corrected chi connectivity index (χ1v) is 6.85. The van der Waals surface area contributed by atoms with Crippen LogP contribution in [0.3, 0.4) is 0 Å². The summed E-state index contributed by atoms with van der Waals surface area (Å²) >= 11 is 0. The molecule has 0 aliphatic carbocycles. The Hall–Kier alpha value is -2.04. The van der Waals surface area contributed by atoms with E-state index in [0.717, 1.165) is 37.3 Å². The highest BCUT2D eigenvalue weighted by Gasteiger charge is 2.23. The summed E-state index contributed by atoms with van der Waals surface area (Å²) in [5, 5.41) is 6.94. The number of aromatic amines is 1. The van der Waals surface area contributed by atoms with Crippen LogP contribution < -0.4 is 9.64 Å². The first-order chi connectivity index (χ1) is 9.78. The normalized spacial score (nSPS) is 16.4. The second-order valence-electron chi connectivity index (χ2n) is 5.09. The van der Waals surface area contributed by atoms with Crippen LogP contribution in [0.25, 0.3) is 0 Å². The van der Waals surface area contributed by atoms with Crippen molar-refractivity contribution in [2.45, 2.75) is 18.8 Å². The Bertz CT molecular complexity index is 563. The molecule has 5 heteroatoms. The number of ether oxygens (including phenoxy) is 1. The van der Waals surface area contributed by atoms with Gasteiger partial charge in [0, 0.05) is 25.2 Å². The van der Waals surface area contributed by atoms with Gasteiger partial charge in [0.25, 0.3) is 0 Å². The van der Waals surface area contributed by atoms with Gasteiger partial charge in [0.2, 0.25) is 0 Å². The van der Waals surface area contributed by atoms with Crippen LogP contribution in [0.5, 0.6) is 5.75 Å². The maximum absolute atomic E-state index is 14.1. The molecule has 1 aliphatic rings. The van der Waals surface area contributed by atoms with Gasteiger partial charge in [-0.25, -0.2) is 4.39 Å². The minimum atomic E-state index is -0.163. The summed E-state index contributed by atoms with van der Waals surface area (Å²) in [4.78, 5) is 2.25. The predicted octanol–water partition coefficient (Wildman–Crippen LogP) is 2.94. The lowest BCUT2D eigenvalue weighted by Crippen LogP contribution is -2.33. The lowest BCUT2D eigenvalue weighted by atomic mass is 9.89. The van der Waals surface area contributed by atoms with Crippen LogP contribution in [0.4, 0.5) is 10.2 Å². The second-order valence-corrected chi connectivity index (χ2v) is 5.09. The monoisotopic (exact) mass is 275 g/mol. The molecular weight excluding hydrogens is 257 g/mol. The van der Waals surface area contributed by atoms with Crippen LogP contribution in [-0.4, -0.2) is 30.4 Å². The summed E-state index contributed by atoms with van der Waals surface area (Å²) in [6.07, 6.45) is 3.65. The number of nitrogens with zero attached hydrogens (tertiary/aromatic N) is 2. The van der Waals surface area contributed by atoms with Crippen LogP contribution in [0.1, 0.15) is 24.3 Å². The quantitative estimate of drug-likeness (QED) is 0.936. The number of piperidine rings is 1. The van der Waals surface area contributed by atoms with Crippen LogP contribution in [0.15, 0.2) is 30.5 Å². The van der Waals surface area contributed by atoms with E-state index in [1.165, 1.54) is 6.07 Å². The predicted molar refractivity (Wildman–Crippen MR) is 75.7 cm³/mol. The van der Waals surface area contributed by atoms with Crippen LogP contribution in [-0.2, 0) is 0 Å². The molecule has 0 bridgehead atoms. The molecule has 3 rings (SSSR count). The van der Waals surface area contributed by atoms with E-state index in [1.807, 2.05) is 18.2 Å². The molecule has 0 unspecified atom stereocenters. The molecule has 106 valence electrons. The number of hydrogen-bond donors (Lipinski definition) is 1. The zero-order valence-corrected chi connectivity index (χ0v) is 11.5. The van der Waals surface area contributed by atoms with Crippen molar-refractivity contribution in [3.8, 4) is 5.75 Å². The van der Waals surface area contributed by atoms with Crippen molar-refractivity contribution >= 4 is 5.82 Å². The molecule has 1 saturated heterocycles. The molecule has 0 saturated carbocycles. The molecule has 0 atom stereocenters. The van der Waals surface area contributed by atoms with Crippen molar-refractivity contribution in [3.05, 3.63) is 41.8 Å². The zero-order chi connectivity index (χ0) is 13.9. The maximum atomic E-state index is 14.1. The molecule has 20 heavy (non-hydrogen) atoms. The second kappa shape index (κ2) is 5.53. The number of H-pyrrole nitrogens is 1. The van der Waals surface area contributed by atoms with E-state index in [2.05, 4.69) is 15.1 Å². The highest BCUT2D eigenvalue weighted by Crippen LogP contribution is 2.32. The van der Waals surface area contributed by atoms with Gasteiger partial charge < -0.3 is 9.64 Å². The third kappa shape index (κ3) is 2.48. The third-order valence-corrected chi connectivity index (χ3v) is 3.97. The number of anilines is 1. The van der Waals surface area contributed by atoms with Crippen molar-refractivity contribution in [2.75, 3.05) is 25.1 Å². The average Bonchev–Trinajstić information content (AvgIpc) is 3.01. The van der Waals surface area contributed by atoms with E-state index < -0.39 is 0 Å². The highest BCUT2D eigenvalue weighted by atomic mass is 19.1. The number of halogens is 1. The lowest BCUT2D eigenvalue weighted by molar-refractivity contribution is 0.408. The molecule has 0 amide bonds. The van der Waals surface area contributed by atoms with Crippen molar-refractivity contribution < 1.29 is 9.13 Å². The summed E-state index contributed by atoms with van der Waals surface area (Å²) in [5.74, 6) is 1.73. The van der Waals surface area contributed by atoms with Crippen molar-refractivity contribution in [1.82, 2.24) is 10.2 Å². The summed E-state index contributed by atoms with van der Waals surface area (Å²) in [6.45, 7) is 1.83. The Labute approximate surface area is 117 Å². The number of nitrogens with one attached hydrogen (secondary N) is 1. The Morgan fingerprint density at radius 1 is 1.30 bits per heavy atom. The maximum Gasteiger partial charge on any atom is 0.130 e. The topological polar surface area (TPSA) is 41.1 Å². The van der Waals surface area contributed by atoms with Gasteiger partial charge in [0.1, 0.15) is 17.4 Å². The lowest BCUT2D eigenvalue weighted by Gasteiger charge is -2.32. The van der Waals surface area contributed by atoms with E-state index in [0.29, 0.717) is 5.75 Å². The number of benzene rings is 1. The first kappa shape index (κ1) is 13.0. The number of aromatic nitrogens is 2. The van der Waals surface area contributed by atoms with Gasteiger partial charge in [-0.1, -0.05) is 6.07 Å². The Kier molecular flexibility index (Phi) is 3.58. The fourth-order valence-electron chi connectivity index (χ4n) is 2.82. The van der Waals surface area contributed by atoms with Gasteiger partial charge in [0.15, 0.2) is 0 Å². The van der Waals surface area contributed by atoms with Crippen molar-refractivity contribution in [2.24, 2.45) is 0 Å². The molecule has 2 heterocycles. The van der Waals surface area contributed by atoms with Gasteiger partial charge in [-0.3, -0.25) is 5.10 Å². The molecule has 4 nitrogen and oxygen atoms in total. The number of hydrogen-bond acceptors (Lipinski definition) is 3. The summed E-state index contributed by atoms with van der Waals surface area (Å²) in [7, 11) is 1.55. The van der Waals surface area contributed by atoms with E-state index in [4.69, 9.17) is 4.74 Å². The van der Waals surface area contributed by atoms with Crippen LogP contribution in [0.2, 0.25) is 0 Å². The molecule has 1 aliphatic heterocycles. The molecule has 1 aromatic carbocycles. The fraction of sp³-hybridized carbons (Fsp3) is 0.400. The zero-order valence-electron chi connectivity index (χ0n) is 11.5. The number of methoxy groups -OCH3 is 1. The van der Waals surface area contributed by atoms with E-state index in [-0.39, 0.29) is 11.7 Å². The van der Waals surface area contributed by atoms with Crippen LogP contribution in [0, 0.1) is 5.82 Å². The van der Waals surface area contributed by atoms with Gasteiger partial charge in [-0.2, -0.15) is 5.10 Å². The molecule has 0 radical (unpaired) electrons. The van der Waals surface area contributed by atoms with Crippen molar-refractivity contribution in [3.63, 3.8) is 0 Å². The minimum Gasteiger partial charge on any atom is -0.497 e. The largest absolute Gasteiger partial charge is 0.497 e.